The van der Waals surface area contributed by atoms with Gasteiger partial charge in [-0.1, -0.05) is 42.1 Å². The molecule has 10 heteroatoms. The zero-order valence-electron chi connectivity index (χ0n) is 18.3. The van der Waals surface area contributed by atoms with E-state index < -0.39 is 18.0 Å². The lowest BCUT2D eigenvalue weighted by Crippen LogP contribution is -2.32. The lowest BCUT2D eigenvalue weighted by atomic mass is 10.3. The van der Waals surface area contributed by atoms with Crippen molar-refractivity contribution in [1.82, 2.24) is 14.3 Å². The van der Waals surface area contributed by atoms with Crippen molar-refractivity contribution in [2.24, 2.45) is 7.05 Å². The summed E-state index contributed by atoms with van der Waals surface area (Å²) in [6, 6.07) is 16.4. The molecule has 9 nitrogen and oxygen atoms in total. The first-order valence-corrected chi connectivity index (χ1v) is 11.2. The van der Waals surface area contributed by atoms with Gasteiger partial charge in [-0.15, -0.1) is 0 Å². The van der Waals surface area contributed by atoms with Gasteiger partial charge in [-0.25, -0.2) is 9.67 Å². The minimum Gasteiger partial charge on any atom is -0.452 e. The van der Waals surface area contributed by atoms with Crippen molar-refractivity contribution < 1.29 is 18.7 Å². The van der Waals surface area contributed by atoms with Crippen molar-refractivity contribution >= 4 is 40.4 Å². The molecule has 4 rings (SSSR count). The number of esters is 1. The average Bonchev–Trinajstić information content (AvgIpc) is 3.32. The molecule has 0 radical (unpaired) electrons. The third-order valence-corrected chi connectivity index (χ3v) is 5.87. The second kappa shape index (κ2) is 9.37. The van der Waals surface area contributed by atoms with E-state index in [1.54, 1.807) is 36.9 Å². The van der Waals surface area contributed by atoms with Crippen LogP contribution in [0.25, 0.3) is 16.8 Å². The molecule has 0 spiro atoms. The van der Waals surface area contributed by atoms with Crippen molar-refractivity contribution in [3.8, 4) is 5.69 Å². The van der Waals surface area contributed by atoms with Crippen molar-refractivity contribution in [3.05, 3.63) is 70.6 Å². The number of carbonyl (C=O) groups is 2. The fourth-order valence-electron chi connectivity index (χ4n) is 3.26. The summed E-state index contributed by atoms with van der Waals surface area (Å²) in [5, 5.41) is 2.94. The fourth-order valence-corrected chi connectivity index (χ4v) is 3.88. The van der Waals surface area contributed by atoms with Gasteiger partial charge < -0.3 is 14.5 Å². The van der Waals surface area contributed by atoms with Gasteiger partial charge in [0.05, 0.1) is 11.4 Å². The Balaban J connectivity index is 1.38. The zero-order valence-corrected chi connectivity index (χ0v) is 19.1. The summed E-state index contributed by atoms with van der Waals surface area (Å²) in [4.78, 5) is 42.0. The van der Waals surface area contributed by atoms with Crippen LogP contribution in [0.3, 0.4) is 0 Å². The first-order valence-electron chi connectivity index (χ1n) is 10.2. The molecule has 0 aliphatic rings. The van der Waals surface area contributed by atoms with Crippen LogP contribution in [0, 0.1) is 6.92 Å². The van der Waals surface area contributed by atoms with E-state index in [4.69, 9.17) is 9.15 Å². The molecule has 0 aliphatic carbocycles. The topological polar surface area (TPSA) is 108 Å². The van der Waals surface area contributed by atoms with Crippen LogP contribution in [0.5, 0.6) is 0 Å². The number of nitrogens with zero attached hydrogens (tertiary/aromatic N) is 3. The lowest BCUT2D eigenvalue weighted by molar-refractivity contribution is -0.150. The molecule has 0 saturated carbocycles. The second-order valence-corrected chi connectivity index (χ2v) is 8.22. The highest BCUT2D eigenvalue weighted by Gasteiger charge is 2.23. The van der Waals surface area contributed by atoms with E-state index in [1.165, 1.54) is 11.6 Å². The number of thioether (sulfide) groups is 1. The van der Waals surface area contributed by atoms with Crippen molar-refractivity contribution in [1.29, 1.82) is 0 Å². The number of ether oxygens (including phenoxy) is 1. The number of oxazole rings is 1. The van der Waals surface area contributed by atoms with Gasteiger partial charge in [-0.3, -0.25) is 19.1 Å². The maximum atomic E-state index is 12.9. The van der Waals surface area contributed by atoms with Gasteiger partial charge in [-0.05, 0) is 38.1 Å². The number of aromatic nitrogens is 3. The van der Waals surface area contributed by atoms with Crippen molar-refractivity contribution in [2.45, 2.75) is 25.2 Å². The largest absolute Gasteiger partial charge is 0.452 e. The van der Waals surface area contributed by atoms with Crippen LogP contribution in [0.15, 0.2) is 69.0 Å². The monoisotopic (exact) mass is 466 g/mol. The van der Waals surface area contributed by atoms with E-state index >= 15 is 0 Å². The minimum absolute atomic E-state index is 0.0738. The highest BCUT2D eigenvalue weighted by molar-refractivity contribution is 7.99. The highest BCUT2D eigenvalue weighted by atomic mass is 32.2. The Kier molecular flexibility index (Phi) is 6.36. The fraction of sp³-hybridized carbons (Fsp3) is 0.217. The molecular formula is C23H22N4O5S. The molecular weight excluding hydrogens is 444 g/mol. The number of carbonyl (C=O) groups excluding carboxylic acids is 2. The van der Waals surface area contributed by atoms with Gasteiger partial charge in [0.2, 0.25) is 0 Å². The molecule has 2 heterocycles. The molecule has 4 aromatic rings. The number of nitrogens with one attached hydrogen (secondary N) is 1. The summed E-state index contributed by atoms with van der Waals surface area (Å²) in [5.74, 6) is -1.27. The third-order valence-electron chi connectivity index (χ3n) is 5.07. The van der Waals surface area contributed by atoms with E-state index in [-0.39, 0.29) is 17.0 Å². The van der Waals surface area contributed by atoms with Crippen LogP contribution in [0.2, 0.25) is 0 Å². The van der Waals surface area contributed by atoms with Gasteiger partial charge in [0.15, 0.2) is 11.7 Å². The third kappa shape index (κ3) is 4.70. The van der Waals surface area contributed by atoms with Crippen molar-refractivity contribution in [2.75, 3.05) is 11.1 Å². The Hall–Kier alpha value is -3.79. The van der Waals surface area contributed by atoms with Gasteiger partial charge >= 0.3 is 5.97 Å². The van der Waals surface area contributed by atoms with E-state index in [2.05, 4.69) is 10.3 Å². The minimum atomic E-state index is -1.09. The highest BCUT2D eigenvalue weighted by Crippen LogP contribution is 2.23. The Morgan fingerprint density at radius 1 is 1.15 bits per heavy atom. The number of amides is 1. The molecule has 1 atom stereocenters. The molecule has 33 heavy (non-hydrogen) atoms. The van der Waals surface area contributed by atoms with Crippen LogP contribution in [-0.4, -0.2) is 38.1 Å². The molecule has 0 unspecified atom stereocenters. The second-order valence-electron chi connectivity index (χ2n) is 7.29. The smallest absolute Gasteiger partial charge is 0.317 e. The zero-order chi connectivity index (χ0) is 23.5. The van der Waals surface area contributed by atoms with E-state index in [0.29, 0.717) is 27.7 Å². The maximum absolute atomic E-state index is 12.9. The summed E-state index contributed by atoms with van der Waals surface area (Å²) < 4.78 is 13.9. The predicted molar refractivity (Wildman–Crippen MR) is 125 cm³/mol. The van der Waals surface area contributed by atoms with Gasteiger partial charge in [0.25, 0.3) is 16.7 Å². The van der Waals surface area contributed by atoms with Crippen LogP contribution >= 0.6 is 11.8 Å². The van der Waals surface area contributed by atoms with Gasteiger partial charge in [0.1, 0.15) is 17.0 Å². The first kappa shape index (κ1) is 22.4. The molecule has 170 valence electrons. The summed E-state index contributed by atoms with van der Waals surface area (Å²) in [6.07, 6.45) is -1.09. The van der Waals surface area contributed by atoms with E-state index in [0.717, 1.165) is 11.8 Å². The van der Waals surface area contributed by atoms with Gasteiger partial charge in [0, 0.05) is 7.05 Å². The first-order chi connectivity index (χ1) is 15.8. The van der Waals surface area contributed by atoms with E-state index in [1.807, 2.05) is 36.4 Å². The SMILES string of the molecule is Cc1c(NC(=O)[C@H](C)OC(=O)CSc2nc3ccccc3o2)c(=O)n(-c2ccccc2)n1C. The quantitative estimate of drug-likeness (QED) is 0.329. The average molecular weight is 467 g/mol. The Morgan fingerprint density at radius 2 is 1.85 bits per heavy atom. The molecule has 2 aromatic heterocycles. The summed E-state index contributed by atoms with van der Waals surface area (Å²) in [5.41, 5.74) is 2.32. The standard InChI is InChI=1S/C23H22N4O5S/c1-14-20(22(30)27(26(14)3)16-9-5-4-6-10-16)25-21(29)15(2)31-19(28)13-33-23-24-17-11-7-8-12-18(17)32-23/h4-12,15H,13H2,1-3H3,(H,25,29)/t15-/m0/s1. The Morgan fingerprint density at radius 3 is 2.58 bits per heavy atom. The van der Waals surface area contributed by atoms with Crippen LogP contribution in [0.4, 0.5) is 5.69 Å². The molecule has 0 bridgehead atoms. The predicted octanol–water partition coefficient (Wildman–Crippen LogP) is 3.29. The number of benzene rings is 2. The number of para-hydroxylation sites is 3. The molecule has 1 amide bonds. The number of anilines is 1. The molecule has 0 saturated heterocycles. The maximum Gasteiger partial charge on any atom is 0.317 e. The molecule has 0 fully saturated rings. The number of hydrogen-bond acceptors (Lipinski definition) is 7. The van der Waals surface area contributed by atoms with Crippen LogP contribution in [0.1, 0.15) is 12.6 Å². The summed E-state index contributed by atoms with van der Waals surface area (Å²) in [6.45, 7) is 3.18. The van der Waals surface area contributed by atoms with Gasteiger partial charge in [-0.2, -0.15) is 0 Å². The molecule has 0 aliphatic heterocycles. The number of hydrogen-bond donors (Lipinski definition) is 1. The Bertz CT molecular complexity index is 1340. The van der Waals surface area contributed by atoms with Crippen molar-refractivity contribution in [3.63, 3.8) is 0 Å². The molecule has 1 N–H and O–H groups in total. The normalized spacial score (nSPS) is 12.0. The van der Waals surface area contributed by atoms with Crippen LogP contribution in [-0.2, 0) is 21.4 Å². The number of rotatable bonds is 7. The number of fused-ring (bicyclic) bond motifs is 1. The summed E-state index contributed by atoms with van der Waals surface area (Å²) >= 11 is 1.08. The van der Waals surface area contributed by atoms with Crippen LogP contribution < -0.4 is 10.9 Å². The molecule has 2 aromatic carbocycles. The summed E-state index contributed by atoms with van der Waals surface area (Å²) in [7, 11) is 1.73. The van der Waals surface area contributed by atoms with E-state index in [9.17, 15) is 14.4 Å². The Labute approximate surface area is 193 Å². The lowest BCUT2D eigenvalue weighted by Gasteiger charge is -2.12.